The van der Waals surface area contributed by atoms with Gasteiger partial charge in [0.1, 0.15) is 0 Å². The lowest BCUT2D eigenvalue weighted by Gasteiger charge is -2.39. The van der Waals surface area contributed by atoms with E-state index in [-0.39, 0.29) is 11.9 Å². The fourth-order valence-corrected chi connectivity index (χ4v) is 3.87. The van der Waals surface area contributed by atoms with Crippen LogP contribution in [0.3, 0.4) is 0 Å². The summed E-state index contributed by atoms with van der Waals surface area (Å²) >= 11 is 3.41. The Hall–Kier alpha value is -2.67. The molecule has 7 heteroatoms. The van der Waals surface area contributed by atoms with Gasteiger partial charge in [0.2, 0.25) is 0 Å². The molecule has 0 saturated carbocycles. The number of halogens is 1. The molecule has 1 aliphatic rings. The van der Waals surface area contributed by atoms with Gasteiger partial charge in [-0.15, -0.1) is 0 Å². The standard InChI is InChI=1S/C22H24BrN3O3/c1-15-14-25(21(28)16-7-5-4-6-8-16)11-12-26(15)22(29)20(27)18-10-9-17(23)13-19(18)24(2)3/h4-10,13,15H,11-12,14H2,1-3H3/t15-/m1/s1. The zero-order chi connectivity index (χ0) is 21.1. The molecule has 6 nitrogen and oxygen atoms in total. The fraction of sp³-hybridized carbons (Fsp3) is 0.318. The van der Waals surface area contributed by atoms with Gasteiger partial charge in [0, 0.05) is 55.5 Å². The Morgan fingerprint density at radius 1 is 1.03 bits per heavy atom. The zero-order valence-electron chi connectivity index (χ0n) is 16.8. The number of benzene rings is 2. The number of amides is 2. The van der Waals surface area contributed by atoms with E-state index >= 15 is 0 Å². The molecule has 1 aliphatic heterocycles. The highest BCUT2D eigenvalue weighted by Gasteiger charge is 2.34. The van der Waals surface area contributed by atoms with E-state index in [9.17, 15) is 14.4 Å². The molecule has 2 aromatic rings. The molecule has 0 N–H and O–H groups in total. The van der Waals surface area contributed by atoms with Gasteiger partial charge in [0.05, 0.1) is 5.56 Å². The highest BCUT2D eigenvalue weighted by molar-refractivity contribution is 9.10. The lowest BCUT2D eigenvalue weighted by atomic mass is 10.0. The quantitative estimate of drug-likeness (QED) is 0.522. The second-order valence-corrected chi connectivity index (χ2v) is 8.27. The van der Waals surface area contributed by atoms with Crippen LogP contribution in [0.4, 0.5) is 5.69 Å². The first kappa shape index (κ1) is 21.0. The molecule has 0 aromatic heterocycles. The third-order valence-corrected chi connectivity index (χ3v) is 5.57. The number of carbonyl (C=O) groups is 3. The second kappa shape index (κ2) is 8.78. The van der Waals surface area contributed by atoms with Crippen molar-refractivity contribution in [2.45, 2.75) is 13.0 Å². The van der Waals surface area contributed by atoms with E-state index in [0.29, 0.717) is 36.4 Å². The molecule has 152 valence electrons. The van der Waals surface area contributed by atoms with Crippen molar-refractivity contribution in [3.8, 4) is 0 Å². The molecule has 1 saturated heterocycles. The van der Waals surface area contributed by atoms with Gasteiger partial charge in [0.15, 0.2) is 0 Å². The van der Waals surface area contributed by atoms with Crippen molar-refractivity contribution in [3.05, 3.63) is 64.1 Å². The fourth-order valence-electron chi connectivity index (χ4n) is 3.52. The Bertz CT molecular complexity index is 930. The minimum absolute atomic E-state index is 0.0568. The first-order valence-electron chi connectivity index (χ1n) is 9.46. The summed E-state index contributed by atoms with van der Waals surface area (Å²) in [7, 11) is 3.67. The SMILES string of the molecule is C[C@@H]1CN(C(=O)c2ccccc2)CCN1C(=O)C(=O)c1ccc(Br)cc1N(C)C. The number of carbonyl (C=O) groups excluding carboxylic acids is 3. The Morgan fingerprint density at radius 2 is 1.72 bits per heavy atom. The Morgan fingerprint density at radius 3 is 2.34 bits per heavy atom. The van der Waals surface area contributed by atoms with Gasteiger partial charge in [-0.2, -0.15) is 0 Å². The van der Waals surface area contributed by atoms with Crippen molar-refractivity contribution in [2.75, 3.05) is 38.6 Å². The van der Waals surface area contributed by atoms with Crippen LogP contribution in [0.25, 0.3) is 0 Å². The van der Waals surface area contributed by atoms with Gasteiger partial charge in [-0.05, 0) is 37.3 Å². The van der Waals surface area contributed by atoms with Crippen LogP contribution in [0.2, 0.25) is 0 Å². The summed E-state index contributed by atoms with van der Waals surface area (Å²) in [5.74, 6) is -1.12. The van der Waals surface area contributed by atoms with Crippen LogP contribution in [-0.4, -0.2) is 67.2 Å². The van der Waals surface area contributed by atoms with Gasteiger partial charge < -0.3 is 14.7 Å². The predicted octanol–water partition coefficient (Wildman–Crippen LogP) is 3.07. The molecule has 29 heavy (non-hydrogen) atoms. The number of Topliss-reactive ketones (excluding diaryl/α,β-unsaturated/α-hetero) is 1. The van der Waals surface area contributed by atoms with Crippen molar-refractivity contribution in [1.29, 1.82) is 0 Å². The molecule has 1 atom stereocenters. The van der Waals surface area contributed by atoms with Crippen LogP contribution in [0.1, 0.15) is 27.6 Å². The monoisotopic (exact) mass is 457 g/mol. The molecule has 0 radical (unpaired) electrons. The predicted molar refractivity (Wildman–Crippen MR) is 116 cm³/mol. The number of rotatable bonds is 4. The molecule has 1 heterocycles. The minimum atomic E-state index is -0.533. The number of nitrogens with zero attached hydrogens (tertiary/aromatic N) is 3. The molecular weight excluding hydrogens is 434 g/mol. The molecule has 3 rings (SSSR count). The van der Waals surface area contributed by atoms with E-state index in [4.69, 9.17) is 0 Å². The summed E-state index contributed by atoms with van der Waals surface area (Å²) < 4.78 is 0.839. The normalized spacial score (nSPS) is 16.5. The van der Waals surface area contributed by atoms with E-state index in [2.05, 4.69) is 15.9 Å². The average molecular weight is 458 g/mol. The van der Waals surface area contributed by atoms with Crippen LogP contribution in [0.15, 0.2) is 53.0 Å². The third kappa shape index (κ3) is 4.50. The summed E-state index contributed by atoms with van der Waals surface area (Å²) in [6.07, 6.45) is 0. The Labute approximate surface area is 179 Å². The van der Waals surface area contributed by atoms with Crippen molar-refractivity contribution >= 4 is 39.2 Å². The maximum Gasteiger partial charge on any atom is 0.295 e. The maximum atomic E-state index is 13.0. The highest BCUT2D eigenvalue weighted by Crippen LogP contribution is 2.25. The third-order valence-electron chi connectivity index (χ3n) is 5.08. The summed E-state index contributed by atoms with van der Waals surface area (Å²) in [6.45, 7) is 2.99. The lowest BCUT2D eigenvalue weighted by molar-refractivity contribution is -0.130. The van der Waals surface area contributed by atoms with E-state index in [1.807, 2.05) is 50.2 Å². The number of piperazine rings is 1. The molecule has 0 spiro atoms. The van der Waals surface area contributed by atoms with Gasteiger partial charge in [-0.25, -0.2) is 0 Å². The van der Waals surface area contributed by atoms with Gasteiger partial charge in [-0.1, -0.05) is 34.1 Å². The molecule has 1 fully saturated rings. The van der Waals surface area contributed by atoms with Crippen LogP contribution in [0.5, 0.6) is 0 Å². The first-order valence-corrected chi connectivity index (χ1v) is 10.3. The molecule has 2 aromatic carbocycles. The van der Waals surface area contributed by atoms with Crippen molar-refractivity contribution < 1.29 is 14.4 Å². The van der Waals surface area contributed by atoms with E-state index in [0.717, 1.165) is 4.47 Å². The van der Waals surface area contributed by atoms with Gasteiger partial charge in [-0.3, -0.25) is 14.4 Å². The van der Waals surface area contributed by atoms with Crippen LogP contribution in [0, 0.1) is 0 Å². The summed E-state index contributed by atoms with van der Waals surface area (Å²) in [5, 5.41) is 0. The zero-order valence-corrected chi connectivity index (χ0v) is 18.3. The van der Waals surface area contributed by atoms with E-state index in [1.165, 1.54) is 0 Å². The molecule has 2 amide bonds. The smallest absolute Gasteiger partial charge is 0.295 e. The average Bonchev–Trinajstić information content (AvgIpc) is 2.72. The van der Waals surface area contributed by atoms with E-state index < -0.39 is 11.7 Å². The summed E-state index contributed by atoms with van der Waals surface area (Å²) in [6, 6.07) is 14.1. The molecular formula is C22H24BrN3O3. The number of hydrogen-bond acceptors (Lipinski definition) is 4. The van der Waals surface area contributed by atoms with E-state index in [1.54, 1.807) is 34.1 Å². The van der Waals surface area contributed by atoms with Crippen LogP contribution >= 0.6 is 15.9 Å². The summed E-state index contributed by atoms with van der Waals surface area (Å²) in [5.41, 5.74) is 1.68. The molecule has 0 bridgehead atoms. The van der Waals surface area contributed by atoms with Gasteiger partial charge >= 0.3 is 0 Å². The van der Waals surface area contributed by atoms with Crippen molar-refractivity contribution in [3.63, 3.8) is 0 Å². The number of ketones is 1. The number of anilines is 1. The minimum Gasteiger partial charge on any atom is -0.377 e. The topological polar surface area (TPSA) is 60.9 Å². The van der Waals surface area contributed by atoms with Gasteiger partial charge in [0.25, 0.3) is 17.6 Å². The first-order chi connectivity index (χ1) is 13.8. The maximum absolute atomic E-state index is 13.0. The van der Waals surface area contributed by atoms with Crippen LogP contribution < -0.4 is 4.90 Å². The second-order valence-electron chi connectivity index (χ2n) is 7.35. The molecule has 0 unspecified atom stereocenters. The highest BCUT2D eigenvalue weighted by atomic mass is 79.9. The largest absolute Gasteiger partial charge is 0.377 e. The van der Waals surface area contributed by atoms with Crippen LogP contribution in [-0.2, 0) is 4.79 Å². The van der Waals surface area contributed by atoms with Crippen molar-refractivity contribution in [2.24, 2.45) is 0 Å². The number of hydrogen-bond donors (Lipinski definition) is 0. The Kier molecular flexibility index (Phi) is 6.37. The summed E-state index contributed by atoms with van der Waals surface area (Å²) in [4.78, 5) is 43.7. The lowest BCUT2D eigenvalue weighted by Crippen LogP contribution is -2.56. The van der Waals surface area contributed by atoms with Crippen molar-refractivity contribution in [1.82, 2.24) is 9.80 Å². The molecule has 0 aliphatic carbocycles. The Balaban J connectivity index is 1.73.